The number of carbonyl (C=O) groups excluding carboxylic acids is 1. The van der Waals surface area contributed by atoms with Crippen LogP contribution >= 0.6 is 28.1 Å². The van der Waals surface area contributed by atoms with Gasteiger partial charge in [-0.2, -0.15) is 0 Å². The van der Waals surface area contributed by atoms with Gasteiger partial charge in [0.25, 0.3) is 5.91 Å². The van der Waals surface area contributed by atoms with Gasteiger partial charge in [0, 0.05) is 10.0 Å². The number of thiocarbonyl (C=S) groups is 1. The average Bonchev–Trinajstić information content (AvgIpc) is 3.20. The Balaban J connectivity index is 1.67. The Labute approximate surface area is 183 Å². The Morgan fingerprint density at radius 2 is 1.90 bits per heavy atom. The van der Waals surface area contributed by atoms with Gasteiger partial charge in [0.2, 0.25) is 0 Å². The highest BCUT2D eigenvalue weighted by molar-refractivity contribution is 9.10. The first-order valence-corrected chi connectivity index (χ1v) is 10.4. The molecule has 0 unspecified atom stereocenters. The molecule has 1 amide bonds. The number of hydrogen-bond acceptors (Lipinski definition) is 4. The van der Waals surface area contributed by atoms with E-state index in [1.54, 1.807) is 18.2 Å². The molecule has 0 saturated heterocycles. The van der Waals surface area contributed by atoms with E-state index < -0.39 is 5.91 Å². The zero-order chi connectivity index (χ0) is 21.0. The van der Waals surface area contributed by atoms with E-state index in [1.165, 1.54) is 0 Å². The lowest BCUT2D eigenvalue weighted by Gasteiger charge is -2.14. The summed E-state index contributed by atoms with van der Waals surface area (Å²) in [6, 6.07) is 16.2. The van der Waals surface area contributed by atoms with Crippen molar-refractivity contribution >= 4 is 44.9 Å². The molecule has 0 aliphatic carbocycles. The van der Waals surface area contributed by atoms with Crippen LogP contribution in [0, 0.1) is 0 Å². The van der Waals surface area contributed by atoms with Crippen LogP contribution in [-0.4, -0.2) is 16.1 Å². The van der Waals surface area contributed by atoms with Crippen LogP contribution in [-0.2, 0) is 0 Å². The highest BCUT2D eigenvalue weighted by Crippen LogP contribution is 2.29. The first-order chi connectivity index (χ1) is 13.9. The van der Waals surface area contributed by atoms with Crippen molar-refractivity contribution in [2.75, 3.05) is 5.32 Å². The van der Waals surface area contributed by atoms with Gasteiger partial charge < -0.3 is 14.8 Å². The quantitative estimate of drug-likeness (QED) is 0.311. The molecular formula is C22H21BrN2O3S. The Morgan fingerprint density at radius 1 is 1.17 bits per heavy atom. The van der Waals surface area contributed by atoms with E-state index in [0.717, 1.165) is 22.0 Å². The summed E-state index contributed by atoms with van der Waals surface area (Å²) in [7, 11) is 0. The molecule has 3 aromatic rings. The van der Waals surface area contributed by atoms with E-state index in [2.05, 4.69) is 40.4 Å². The van der Waals surface area contributed by atoms with Gasteiger partial charge in [-0.1, -0.05) is 48.0 Å². The number of phenols is 1. The zero-order valence-electron chi connectivity index (χ0n) is 16.0. The minimum Gasteiger partial charge on any atom is -0.506 e. The average molecular weight is 473 g/mol. The third kappa shape index (κ3) is 5.25. The Morgan fingerprint density at radius 3 is 2.59 bits per heavy atom. The second-order valence-electron chi connectivity index (χ2n) is 6.66. The van der Waals surface area contributed by atoms with Crippen molar-refractivity contribution in [3.05, 3.63) is 70.4 Å². The number of furan rings is 1. The number of nitrogens with one attached hydrogen (secondary N) is 2. The van der Waals surface area contributed by atoms with Gasteiger partial charge in [-0.25, -0.2) is 0 Å². The predicted molar refractivity (Wildman–Crippen MR) is 122 cm³/mol. The SMILES string of the molecule is CC[C@H](C)c1ccc(O)c(NC(=S)NC(=O)c2ccc(-c3ccc(Br)cc3)o2)c1. The van der Waals surface area contributed by atoms with Crippen LogP contribution in [0.5, 0.6) is 5.75 Å². The number of halogens is 1. The third-order valence-electron chi connectivity index (χ3n) is 4.64. The van der Waals surface area contributed by atoms with Gasteiger partial charge in [-0.15, -0.1) is 0 Å². The van der Waals surface area contributed by atoms with Crippen LogP contribution in [0.2, 0.25) is 0 Å². The highest BCUT2D eigenvalue weighted by Gasteiger charge is 2.15. The fourth-order valence-electron chi connectivity index (χ4n) is 2.74. The Hall–Kier alpha value is -2.64. The van der Waals surface area contributed by atoms with E-state index in [-0.39, 0.29) is 16.6 Å². The summed E-state index contributed by atoms with van der Waals surface area (Å²) in [6.45, 7) is 4.21. The molecular weight excluding hydrogens is 452 g/mol. The van der Waals surface area contributed by atoms with E-state index in [1.807, 2.05) is 36.4 Å². The number of benzene rings is 2. The summed E-state index contributed by atoms with van der Waals surface area (Å²) in [4.78, 5) is 12.4. The normalized spacial score (nSPS) is 11.7. The number of anilines is 1. The van der Waals surface area contributed by atoms with Crippen LogP contribution in [0.4, 0.5) is 5.69 Å². The van der Waals surface area contributed by atoms with Crippen molar-refractivity contribution in [2.24, 2.45) is 0 Å². The molecule has 2 aromatic carbocycles. The molecule has 29 heavy (non-hydrogen) atoms. The molecule has 0 radical (unpaired) electrons. The predicted octanol–water partition coefficient (Wildman–Crippen LogP) is 6.06. The van der Waals surface area contributed by atoms with Crippen molar-refractivity contribution in [3.63, 3.8) is 0 Å². The van der Waals surface area contributed by atoms with Crippen LogP contribution < -0.4 is 10.6 Å². The van der Waals surface area contributed by atoms with Gasteiger partial charge in [0.1, 0.15) is 11.5 Å². The lowest BCUT2D eigenvalue weighted by atomic mass is 9.98. The minimum absolute atomic E-state index is 0.0594. The Bertz CT molecular complexity index is 1030. The van der Waals surface area contributed by atoms with Crippen molar-refractivity contribution in [1.29, 1.82) is 0 Å². The second-order valence-corrected chi connectivity index (χ2v) is 7.99. The van der Waals surface area contributed by atoms with E-state index in [9.17, 15) is 9.90 Å². The zero-order valence-corrected chi connectivity index (χ0v) is 18.4. The second kappa shape index (κ2) is 9.24. The monoisotopic (exact) mass is 472 g/mol. The lowest BCUT2D eigenvalue weighted by Crippen LogP contribution is -2.33. The summed E-state index contributed by atoms with van der Waals surface area (Å²) < 4.78 is 6.61. The van der Waals surface area contributed by atoms with E-state index in [4.69, 9.17) is 16.6 Å². The maximum absolute atomic E-state index is 12.4. The minimum atomic E-state index is -0.469. The fraction of sp³-hybridized carbons (Fsp3) is 0.182. The topological polar surface area (TPSA) is 74.5 Å². The Kier molecular flexibility index (Phi) is 6.71. The van der Waals surface area contributed by atoms with Crippen molar-refractivity contribution < 1.29 is 14.3 Å². The molecule has 1 heterocycles. The number of phenolic OH excluding ortho intramolecular Hbond substituents is 1. The first-order valence-electron chi connectivity index (χ1n) is 9.18. The molecule has 0 saturated carbocycles. The molecule has 5 nitrogen and oxygen atoms in total. The molecule has 0 bridgehead atoms. The molecule has 3 rings (SSSR count). The van der Waals surface area contributed by atoms with Gasteiger partial charge in [0.15, 0.2) is 10.9 Å². The van der Waals surface area contributed by atoms with Crippen LogP contribution in [0.3, 0.4) is 0 Å². The van der Waals surface area contributed by atoms with Crippen molar-refractivity contribution in [1.82, 2.24) is 5.32 Å². The number of amides is 1. The number of carbonyl (C=O) groups is 1. The molecule has 150 valence electrons. The largest absolute Gasteiger partial charge is 0.506 e. The molecule has 1 atom stereocenters. The molecule has 7 heteroatoms. The van der Waals surface area contributed by atoms with Gasteiger partial charge in [0.05, 0.1) is 5.69 Å². The van der Waals surface area contributed by atoms with Crippen LogP contribution in [0.1, 0.15) is 42.3 Å². The summed E-state index contributed by atoms with van der Waals surface area (Å²) in [5.41, 5.74) is 2.38. The highest BCUT2D eigenvalue weighted by atomic mass is 79.9. The number of hydrogen-bond donors (Lipinski definition) is 3. The summed E-state index contributed by atoms with van der Waals surface area (Å²) >= 11 is 8.61. The lowest BCUT2D eigenvalue weighted by molar-refractivity contribution is 0.0951. The standard InChI is InChI=1S/C22H21BrN2O3S/c1-3-13(2)15-6-9-18(26)17(12-15)24-22(29)25-21(27)20-11-10-19(28-20)14-4-7-16(23)8-5-14/h4-13,26H,3H2,1-2H3,(H2,24,25,27,29)/t13-/m0/s1. The van der Waals surface area contributed by atoms with Crippen molar-refractivity contribution in [3.8, 4) is 17.1 Å². The molecule has 1 aromatic heterocycles. The first kappa shape index (κ1) is 21.1. The molecule has 0 aliphatic rings. The molecule has 3 N–H and O–H groups in total. The van der Waals surface area contributed by atoms with E-state index >= 15 is 0 Å². The van der Waals surface area contributed by atoms with Crippen LogP contribution in [0.15, 0.2) is 63.5 Å². The number of aromatic hydroxyl groups is 1. The van der Waals surface area contributed by atoms with Gasteiger partial charge in [-0.3, -0.25) is 10.1 Å². The van der Waals surface area contributed by atoms with Gasteiger partial charge in [-0.05, 0) is 66.5 Å². The summed E-state index contributed by atoms with van der Waals surface area (Å²) in [5, 5.41) is 15.6. The number of rotatable bonds is 5. The summed E-state index contributed by atoms with van der Waals surface area (Å²) in [6.07, 6.45) is 0.977. The van der Waals surface area contributed by atoms with Crippen LogP contribution in [0.25, 0.3) is 11.3 Å². The van der Waals surface area contributed by atoms with Crippen molar-refractivity contribution in [2.45, 2.75) is 26.2 Å². The smallest absolute Gasteiger partial charge is 0.293 e. The molecule has 0 aliphatic heterocycles. The summed E-state index contributed by atoms with van der Waals surface area (Å²) in [5.74, 6) is 0.664. The maximum atomic E-state index is 12.4. The van der Waals surface area contributed by atoms with Gasteiger partial charge >= 0.3 is 0 Å². The maximum Gasteiger partial charge on any atom is 0.293 e. The fourth-order valence-corrected chi connectivity index (χ4v) is 3.21. The molecule has 0 spiro atoms. The van der Waals surface area contributed by atoms with E-state index in [0.29, 0.717) is 17.4 Å². The molecule has 0 fully saturated rings. The third-order valence-corrected chi connectivity index (χ3v) is 5.37.